The van der Waals surface area contributed by atoms with Crippen LogP contribution in [0.25, 0.3) is 5.13 Å². The number of para-hydroxylation sites is 1. The number of carbonyl (C=O) groups is 1. The number of hydrogen-bond acceptors (Lipinski definition) is 4. The van der Waals surface area contributed by atoms with Gasteiger partial charge in [0.05, 0.1) is 12.1 Å². The molecule has 0 radical (unpaired) electrons. The first-order valence-electron chi connectivity index (χ1n) is 8.25. The number of aryl methyl sites for hydroxylation is 1. The minimum atomic E-state index is -0.0736. The SMILES string of the molecule is Cc1cc(C(=O)NC[C@@H]2Cc3ccccc3O2)c(C)n1-c1nccs1. The van der Waals surface area contributed by atoms with Gasteiger partial charge < -0.3 is 10.1 Å². The first-order chi connectivity index (χ1) is 12.1. The number of aromatic nitrogens is 2. The molecule has 0 bridgehead atoms. The monoisotopic (exact) mass is 353 g/mol. The summed E-state index contributed by atoms with van der Waals surface area (Å²) in [6, 6.07) is 9.93. The van der Waals surface area contributed by atoms with Crippen LogP contribution >= 0.6 is 11.3 Å². The van der Waals surface area contributed by atoms with E-state index < -0.39 is 0 Å². The van der Waals surface area contributed by atoms with Crippen molar-refractivity contribution in [3.8, 4) is 10.9 Å². The second-order valence-corrected chi connectivity index (χ2v) is 7.07. The number of rotatable bonds is 4. The molecule has 1 aromatic carbocycles. The van der Waals surface area contributed by atoms with Gasteiger partial charge in [0.15, 0.2) is 5.13 Å². The molecule has 0 saturated heterocycles. The summed E-state index contributed by atoms with van der Waals surface area (Å²) in [6.45, 7) is 4.43. The van der Waals surface area contributed by atoms with E-state index in [1.165, 1.54) is 5.56 Å². The van der Waals surface area contributed by atoms with E-state index in [1.807, 2.05) is 48.1 Å². The highest BCUT2D eigenvalue weighted by molar-refractivity contribution is 7.12. The maximum atomic E-state index is 12.6. The van der Waals surface area contributed by atoms with Crippen molar-refractivity contribution in [3.63, 3.8) is 0 Å². The van der Waals surface area contributed by atoms with E-state index in [0.717, 1.165) is 28.7 Å². The van der Waals surface area contributed by atoms with Crippen molar-refractivity contribution < 1.29 is 9.53 Å². The lowest BCUT2D eigenvalue weighted by Crippen LogP contribution is -2.34. The third kappa shape index (κ3) is 2.93. The molecule has 1 atom stereocenters. The number of nitrogens with one attached hydrogen (secondary N) is 1. The zero-order valence-corrected chi connectivity index (χ0v) is 15.0. The Morgan fingerprint density at radius 1 is 1.40 bits per heavy atom. The number of nitrogens with zero attached hydrogens (tertiary/aromatic N) is 2. The number of benzene rings is 1. The third-order valence-corrected chi connectivity index (χ3v) is 5.25. The maximum absolute atomic E-state index is 12.6. The van der Waals surface area contributed by atoms with Crippen molar-refractivity contribution >= 4 is 17.2 Å². The average molecular weight is 353 g/mol. The van der Waals surface area contributed by atoms with Crippen LogP contribution in [-0.2, 0) is 6.42 Å². The van der Waals surface area contributed by atoms with E-state index in [4.69, 9.17) is 4.74 Å². The summed E-state index contributed by atoms with van der Waals surface area (Å²) >= 11 is 1.56. The second kappa shape index (κ2) is 6.37. The van der Waals surface area contributed by atoms with Crippen molar-refractivity contribution in [2.45, 2.75) is 26.4 Å². The van der Waals surface area contributed by atoms with E-state index in [1.54, 1.807) is 17.5 Å². The number of thiazole rings is 1. The van der Waals surface area contributed by atoms with Crippen molar-refractivity contribution in [2.75, 3.05) is 6.54 Å². The Kier molecular flexibility index (Phi) is 4.05. The predicted molar refractivity (Wildman–Crippen MR) is 97.8 cm³/mol. The molecule has 0 aliphatic carbocycles. The Morgan fingerprint density at radius 3 is 3.00 bits per heavy atom. The quantitative estimate of drug-likeness (QED) is 0.783. The number of amides is 1. The number of hydrogen-bond donors (Lipinski definition) is 1. The Hall–Kier alpha value is -2.60. The Morgan fingerprint density at radius 2 is 2.24 bits per heavy atom. The molecule has 0 fully saturated rings. The molecule has 0 unspecified atom stereocenters. The zero-order chi connectivity index (χ0) is 17.4. The van der Waals surface area contributed by atoms with Crippen LogP contribution in [0.2, 0.25) is 0 Å². The van der Waals surface area contributed by atoms with Crippen LogP contribution in [0.4, 0.5) is 0 Å². The molecule has 0 saturated carbocycles. The van der Waals surface area contributed by atoms with Crippen LogP contribution in [0.15, 0.2) is 41.9 Å². The lowest BCUT2D eigenvalue weighted by atomic mass is 10.1. The van der Waals surface area contributed by atoms with Crippen molar-refractivity contribution in [1.82, 2.24) is 14.9 Å². The highest BCUT2D eigenvalue weighted by Crippen LogP contribution is 2.28. The van der Waals surface area contributed by atoms with Crippen LogP contribution in [0.3, 0.4) is 0 Å². The van der Waals surface area contributed by atoms with E-state index in [9.17, 15) is 4.79 Å². The summed E-state index contributed by atoms with van der Waals surface area (Å²) in [5, 5.41) is 5.82. The normalized spacial score (nSPS) is 15.7. The molecule has 2 aromatic heterocycles. The summed E-state index contributed by atoms with van der Waals surface area (Å²) in [7, 11) is 0. The second-order valence-electron chi connectivity index (χ2n) is 6.20. The summed E-state index contributed by atoms with van der Waals surface area (Å²) in [5.41, 5.74) is 3.79. The minimum Gasteiger partial charge on any atom is -0.488 e. The molecule has 3 aromatic rings. The third-order valence-electron chi connectivity index (χ3n) is 4.49. The first kappa shape index (κ1) is 15.9. The smallest absolute Gasteiger partial charge is 0.253 e. The van der Waals surface area contributed by atoms with Gasteiger partial charge in [-0.3, -0.25) is 9.36 Å². The lowest BCUT2D eigenvalue weighted by Gasteiger charge is -2.12. The highest BCUT2D eigenvalue weighted by Gasteiger charge is 2.24. The largest absolute Gasteiger partial charge is 0.488 e. The van der Waals surface area contributed by atoms with Crippen LogP contribution < -0.4 is 10.1 Å². The van der Waals surface area contributed by atoms with Crippen LogP contribution in [0, 0.1) is 13.8 Å². The van der Waals surface area contributed by atoms with Crippen molar-refractivity contribution in [1.29, 1.82) is 0 Å². The minimum absolute atomic E-state index is 0.0104. The van der Waals surface area contributed by atoms with Crippen LogP contribution in [0.5, 0.6) is 5.75 Å². The van der Waals surface area contributed by atoms with Gasteiger partial charge in [0.25, 0.3) is 5.91 Å². The average Bonchev–Trinajstić information content (AvgIpc) is 3.31. The number of carbonyl (C=O) groups excluding carboxylic acids is 1. The molecular weight excluding hydrogens is 334 g/mol. The molecule has 6 heteroatoms. The maximum Gasteiger partial charge on any atom is 0.253 e. The predicted octanol–water partition coefficient (Wildman–Crippen LogP) is 3.28. The van der Waals surface area contributed by atoms with Gasteiger partial charge in [-0.15, -0.1) is 11.3 Å². The van der Waals surface area contributed by atoms with E-state index in [2.05, 4.69) is 16.4 Å². The van der Waals surface area contributed by atoms with Gasteiger partial charge in [-0.05, 0) is 31.5 Å². The summed E-state index contributed by atoms with van der Waals surface area (Å²) in [4.78, 5) is 17.0. The Balaban J connectivity index is 1.45. The molecular formula is C19H19N3O2S. The Bertz CT molecular complexity index is 890. The number of ether oxygens (including phenoxy) is 1. The molecule has 1 N–H and O–H groups in total. The van der Waals surface area contributed by atoms with Gasteiger partial charge >= 0.3 is 0 Å². The molecule has 128 valence electrons. The van der Waals surface area contributed by atoms with Gasteiger partial charge in [0, 0.05) is 29.4 Å². The van der Waals surface area contributed by atoms with E-state index in [0.29, 0.717) is 12.1 Å². The molecule has 1 aliphatic rings. The highest BCUT2D eigenvalue weighted by atomic mass is 32.1. The van der Waals surface area contributed by atoms with E-state index in [-0.39, 0.29) is 12.0 Å². The van der Waals surface area contributed by atoms with Gasteiger partial charge in [-0.2, -0.15) is 0 Å². The molecule has 0 spiro atoms. The molecule has 3 heterocycles. The van der Waals surface area contributed by atoms with Gasteiger partial charge in [-0.1, -0.05) is 18.2 Å². The number of fused-ring (bicyclic) bond motifs is 1. The van der Waals surface area contributed by atoms with Crippen molar-refractivity contribution in [2.24, 2.45) is 0 Å². The molecule has 25 heavy (non-hydrogen) atoms. The summed E-state index contributed by atoms with van der Waals surface area (Å²) in [5.74, 6) is 0.846. The summed E-state index contributed by atoms with van der Waals surface area (Å²) in [6.07, 6.45) is 2.59. The Labute approximate surface area is 150 Å². The van der Waals surface area contributed by atoms with Gasteiger partial charge in [-0.25, -0.2) is 4.98 Å². The van der Waals surface area contributed by atoms with Crippen LogP contribution in [-0.4, -0.2) is 28.1 Å². The fourth-order valence-electron chi connectivity index (χ4n) is 3.28. The van der Waals surface area contributed by atoms with Crippen LogP contribution in [0.1, 0.15) is 27.3 Å². The first-order valence-corrected chi connectivity index (χ1v) is 9.13. The molecule has 4 rings (SSSR count). The van der Waals surface area contributed by atoms with Gasteiger partial charge in [0.2, 0.25) is 0 Å². The molecule has 1 amide bonds. The lowest BCUT2D eigenvalue weighted by molar-refractivity contribution is 0.0933. The molecule has 5 nitrogen and oxygen atoms in total. The zero-order valence-electron chi connectivity index (χ0n) is 14.2. The van der Waals surface area contributed by atoms with E-state index >= 15 is 0 Å². The van der Waals surface area contributed by atoms with Crippen molar-refractivity contribution in [3.05, 3.63) is 64.4 Å². The fraction of sp³-hybridized carbons (Fsp3) is 0.263. The fourth-order valence-corrected chi connectivity index (χ4v) is 4.03. The standard InChI is InChI=1S/C19H19N3O2S/c1-12-9-16(13(2)22(12)19-20-7-8-25-19)18(23)21-11-15-10-14-5-3-4-6-17(14)24-15/h3-9,15H,10-11H2,1-2H3,(H,21,23)/t15-/m0/s1. The topological polar surface area (TPSA) is 56.1 Å². The summed E-state index contributed by atoms with van der Waals surface area (Å²) < 4.78 is 7.90. The van der Waals surface area contributed by atoms with Gasteiger partial charge in [0.1, 0.15) is 11.9 Å². The molecule has 1 aliphatic heterocycles.